The Hall–Kier alpha value is -1.43. The molecule has 0 radical (unpaired) electrons. The summed E-state index contributed by atoms with van der Waals surface area (Å²) in [5.74, 6) is 2.24. The molecule has 0 unspecified atom stereocenters. The van der Waals surface area contributed by atoms with E-state index in [0.717, 1.165) is 5.92 Å². The van der Waals surface area contributed by atoms with Gasteiger partial charge in [0.15, 0.2) is 0 Å². The summed E-state index contributed by atoms with van der Waals surface area (Å²) >= 11 is 0. The molecule has 0 heteroatoms. The molecule has 0 amide bonds. The topological polar surface area (TPSA) is 0 Å². The first-order valence-electron chi connectivity index (χ1n) is 5.26. The van der Waals surface area contributed by atoms with Gasteiger partial charge in [0.1, 0.15) is 0 Å². The molecule has 0 heterocycles. The van der Waals surface area contributed by atoms with Gasteiger partial charge in [-0.05, 0) is 37.1 Å². The first-order valence-corrected chi connectivity index (χ1v) is 5.26. The van der Waals surface area contributed by atoms with Crippen LogP contribution in [-0.4, -0.2) is 0 Å². The molecular formula is C14H13+. The van der Waals surface area contributed by atoms with Crippen molar-refractivity contribution in [2.45, 2.75) is 12.8 Å². The van der Waals surface area contributed by atoms with Crippen molar-refractivity contribution in [3.05, 3.63) is 65.7 Å². The standard InChI is InChI=1S/C14H13/c1-2-7-14-12(4-1)5-3-6-13(14)10-11-8-9-11/h1-7,10-11H,8-9H2/q+1/b13-10+. The van der Waals surface area contributed by atoms with Gasteiger partial charge in [0.25, 0.3) is 0 Å². The molecule has 3 aliphatic carbocycles. The lowest BCUT2D eigenvalue weighted by Gasteiger charge is -2.14. The molecule has 14 heavy (non-hydrogen) atoms. The van der Waals surface area contributed by atoms with Crippen LogP contribution in [0.15, 0.2) is 59.8 Å². The smallest absolute Gasteiger partial charge is 0.0401 e. The van der Waals surface area contributed by atoms with Crippen LogP contribution in [0.25, 0.3) is 0 Å². The largest absolute Gasteiger partial charge is 0.0654 e. The molecule has 0 N–H and O–H groups in total. The monoisotopic (exact) mass is 181 g/mol. The number of fused-ring (bicyclic) bond motifs is 1. The maximum Gasteiger partial charge on any atom is 0.0654 e. The molecule has 0 aliphatic heterocycles. The zero-order valence-corrected chi connectivity index (χ0v) is 8.11. The Kier molecular flexibility index (Phi) is 1.73. The molecule has 1 saturated carbocycles. The van der Waals surface area contributed by atoms with Crippen LogP contribution in [0.5, 0.6) is 0 Å². The van der Waals surface area contributed by atoms with E-state index in [4.69, 9.17) is 0 Å². The molecule has 0 aromatic carbocycles. The molecule has 0 aromatic heterocycles. The predicted octanol–water partition coefficient (Wildman–Crippen LogP) is 3.52. The van der Waals surface area contributed by atoms with Gasteiger partial charge in [0.2, 0.25) is 0 Å². The van der Waals surface area contributed by atoms with E-state index in [0.29, 0.717) is 0 Å². The van der Waals surface area contributed by atoms with Crippen LogP contribution >= 0.6 is 0 Å². The van der Waals surface area contributed by atoms with Crippen molar-refractivity contribution in [2.24, 2.45) is 5.92 Å². The Bertz CT molecular complexity index is 384. The highest BCUT2D eigenvalue weighted by atomic mass is 14.3. The van der Waals surface area contributed by atoms with Crippen LogP contribution in [0.3, 0.4) is 0 Å². The Morgan fingerprint density at radius 1 is 1.14 bits per heavy atom. The van der Waals surface area contributed by atoms with E-state index >= 15 is 0 Å². The van der Waals surface area contributed by atoms with E-state index in [1.807, 2.05) is 0 Å². The van der Waals surface area contributed by atoms with Crippen molar-refractivity contribution in [3.63, 3.8) is 0 Å². The van der Waals surface area contributed by atoms with Crippen molar-refractivity contribution in [1.82, 2.24) is 0 Å². The summed E-state index contributed by atoms with van der Waals surface area (Å²) in [5.41, 5.74) is 2.76. The fourth-order valence-electron chi connectivity index (χ4n) is 1.91. The summed E-state index contributed by atoms with van der Waals surface area (Å²) in [6.45, 7) is 0. The van der Waals surface area contributed by atoms with Crippen molar-refractivity contribution in [3.8, 4) is 0 Å². The van der Waals surface area contributed by atoms with E-state index in [2.05, 4.69) is 48.6 Å². The first-order chi connectivity index (χ1) is 6.93. The molecule has 0 atom stereocenters. The van der Waals surface area contributed by atoms with Gasteiger partial charge in [-0.1, -0.05) is 0 Å². The Morgan fingerprint density at radius 2 is 2.07 bits per heavy atom. The SMILES string of the molecule is C1=CC2=CC=C/C(=C\C3CC3)[C+]2C=C1. The van der Waals surface area contributed by atoms with Crippen LogP contribution in [-0.2, 0) is 0 Å². The van der Waals surface area contributed by atoms with E-state index in [9.17, 15) is 0 Å². The molecule has 0 bridgehead atoms. The van der Waals surface area contributed by atoms with Crippen molar-refractivity contribution >= 4 is 0 Å². The van der Waals surface area contributed by atoms with Crippen molar-refractivity contribution < 1.29 is 0 Å². The average Bonchev–Trinajstić information content (AvgIpc) is 3.03. The normalized spacial score (nSPS) is 26.7. The third-order valence-corrected chi connectivity index (χ3v) is 2.86. The van der Waals surface area contributed by atoms with Gasteiger partial charge < -0.3 is 0 Å². The fourth-order valence-corrected chi connectivity index (χ4v) is 1.91. The summed E-state index contributed by atoms with van der Waals surface area (Å²) in [5, 5.41) is 0. The quantitative estimate of drug-likeness (QED) is 0.543. The predicted molar refractivity (Wildman–Crippen MR) is 59.6 cm³/mol. The molecule has 3 rings (SSSR count). The molecule has 0 nitrogen and oxygen atoms in total. The minimum absolute atomic E-state index is 0.848. The lowest BCUT2D eigenvalue weighted by atomic mass is 9.83. The second kappa shape index (κ2) is 3.06. The van der Waals surface area contributed by atoms with Gasteiger partial charge >= 0.3 is 0 Å². The lowest BCUT2D eigenvalue weighted by Crippen LogP contribution is -2.04. The number of allylic oxidation sites excluding steroid dienone is 10. The lowest BCUT2D eigenvalue weighted by molar-refractivity contribution is 1.09. The van der Waals surface area contributed by atoms with Crippen molar-refractivity contribution in [1.29, 1.82) is 0 Å². The molecule has 0 aromatic rings. The van der Waals surface area contributed by atoms with Gasteiger partial charge in [-0.25, -0.2) is 0 Å². The van der Waals surface area contributed by atoms with Crippen molar-refractivity contribution in [2.75, 3.05) is 0 Å². The van der Waals surface area contributed by atoms with E-state index in [-0.39, 0.29) is 0 Å². The first kappa shape index (κ1) is 7.93. The minimum atomic E-state index is 0.848. The average molecular weight is 181 g/mol. The van der Waals surface area contributed by atoms with E-state index < -0.39 is 0 Å². The highest BCUT2D eigenvalue weighted by Gasteiger charge is 2.27. The molecular weight excluding hydrogens is 168 g/mol. The van der Waals surface area contributed by atoms with E-state index in [1.54, 1.807) is 0 Å². The molecule has 0 spiro atoms. The van der Waals surface area contributed by atoms with Gasteiger partial charge in [-0.15, -0.1) is 0 Å². The molecule has 68 valence electrons. The van der Waals surface area contributed by atoms with Crippen LogP contribution in [0.1, 0.15) is 12.8 Å². The van der Waals surface area contributed by atoms with Gasteiger partial charge in [-0.2, -0.15) is 0 Å². The second-order valence-electron chi connectivity index (χ2n) is 4.07. The number of hydrogen-bond donors (Lipinski definition) is 0. The van der Waals surface area contributed by atoms with Gasteiger partial charge in [0, 0.05) is 30.2 Å². The molecule has 0 saturated heterocycles. The van der Waals surface area contributed by atoms with Crippen LogP contribution in [0.4, 0.5) is 0 Å². The van der Waals surface area contributed by atoms with Gasteiger partial charge in [0.05, 0.1) is 17.1 Å². The zero-order chi connectivity index (χ0) is 9.38. The maximum absolute atomic E-state index is 2.42. The molecule has 3 aliphatic rings. The van der Waals surface area contributed by atoms with Gasteiger partial charge in [-0.3, -0.25) is 0 Å². The highest BCUT2D eigenvalue weighted by molar-refractivity contribution is 5.62. The van der Waals surface area contributed by atoms with Crippen LogP contribution in [0.2, 0.25) is 0 Å². The fraction of sp³-hybridized carbons (Fsp3) is 0.214. The summed E-state index contributed by atoms with van der Waals surface area (Å²) in [6, 6.07) is 0. The number of hydrogen-bond acceptors (Lipinski definition) is 0. The second-order valence-corrected chi connectivity index (χ2v) is 4.07. The van der Waals surface area contributed by atoms with Crippen LogP contribution < -0.4 is 0 Å². The number of rotatable bonds is 1. The van der Waals surface area contributed by atoms with Crippen LogP contribution in [0, 0.1) is 11.8 Å². The highest BCUT2D eigenvalue weighted by Crippen LogP contribution is 2.38. The van der Waals surface area contributed by atoms with E-state index in [1.165, 1.54) is 29.9 Å². The Balaban J connectivity index is 1.94. The summed E-state index contributed by atoms with van der Waals surface area (Å²) in [7, 11) is 0. The zero-order valence-electron chi connectivity index (χ0n) is 8.11. The third kappa shape index (κ3) is 1.37. The Morgan fingerprint density at radius 3 is 2.93 bits per heavy atom. The molecule has 1 fully saturated rings. The maximum atomic E-state index is 2.42. The summed E-state index contributed by atoms with van der Waals surface area (Å²) < 4.78 is 0. The minimum Gasteiger partial charge on any atom is -0.0401 e. The Labute approximate surface area is 85.0 Å². The summed E-state index contributed by atoms with van der Waals surface area (Å²) in [4.78, 5) is 0. The third-order valence-electron chi connectivity index (χ3n) is 2.86. The summed E-state index contributed by atoms with van der Waals surface area (Å²) in [6.07, 6.45) is 20.3.